The summed E-state index contributed by atoms with van der Waals surface area (Å²) in [5.41, 5.74) is 1.34. The maximum Gasteiger partial charge on any atom is 0.256 e. The maximum atomic E-state index is 12.8. The van der Waals surface area contributed by atoms with Gasteiger partial charge in [0.25, 0.3) is 5.91 Å². The third kappa shape index (κ3) is 3.85. The number of halogens is 1. The zero-order chi connectivity index (χ0) is 15.7. The number of para-hydroxylation sites is 1. The highest BCUT2D eigenvalue weighted by Gasteiger charge is 2.34. The number of anilines is 1. The first-order chi connectivity index (χ1) is 10.6. The van der Waals surface area contributed by atoms with Gasteiger partial charge in [0.1, 0.15) is 0 Å². The fourth-order valence-corrected chi connectivity index (χ4v) is 2.96. The first-order valence-electron chi connectivity index (χ1n) is 7.97. The van der Waals surface area contributed by atoms with Gasteiger partial charge in [-0.3, -0.25) is 9.59 Å². The number of amides is 2. The van der Waals surface area contributed by atoms with Crippen LogP contribution < -0.4 is 10.2 Å². The maximum absolute atomic E-state index is 12.8. The van der Waals surface area contributed by atoms with Crippen LogP contribution in [-0.2, 0) is 4.79 Å². The summed E-state index contributed by atoms with van der Waals surface area (Å²) in [4.78, 5) is 28.7. The summed E-state index contributed by atoms with van der Waals surface area (Å²) in [7, 11) is 1.77. The average Bonchev–Trinajstić information content (AvgIpc) is 3.37. The minimum atomic E-state index is 0. The molecular weight excluding hydrogens is 314 g/mol. The van der Waals surface area contributed by atoms with Gasteiger partial charge in [0.2, 0.25) is 5.91 Å². The molecule has 2 aliphatic rings. The van der Waals surface area contributed by atoms with E-state index in [0.29, 0.717) is 24.7 Å². The van der Waals surface area contributed by atoms with Crippen molar-refractivity contribution >= 4 is 29.9 Å². The standard InChI is InChI=1S/C17H23N3O2.ClH/c1-12-11-20(10-9-18-12)17(22)14-5-3-4-6-15(14)19(2)16(21)13-7-8-13;/h3-6,12-13,18H,7-11H2,1-2H3;1H. The molecule has 1 aromatic rings. The van der Waals surface area contributed by atoms with Crippen molar-refractivity contribution in [2.45, 2.75) is 25.8 Å². The molecule has 1 N–H and O–H groups in total. The Bertz CT molecular complexity index is 589. The number of rotatable bonds is 3. The van der Waals surface area contributed by atoms with Crippen molar-refractivity contribution in [1.82, 2.24) is 10.2 Å². The molecular formula is C17H24ClN3O2. The highest BCUT2D eigenvalue weighted by atomic mass is 35.5. The summed E-state index contributed by atoms with van der Waals surface area (Å²) >= 11 is 0. The second-order valence-corrected chi connectivity index (χ2v) is 6.30. The lowest BCUT2D eigenvalue weighted by Crippen LogP contribution is -2.51. The molecule has 2 amide bonds. The molecule has 23 heavy (non-hydrogen) atoms. The fraction of sp³-hybridized carbons (Fsp3) is 0.529. The van der Waals surface area contributed by atoms with Crippen LogP contribution in [0.25, 0.3) is 0 Å². The average molecular weight is 338 g/mol. The number of hydrogen-bond donors (Lipinski definition) is 1. The van der Waals surface area contributed by atoms with Crippen molar-refractivity contribution in [2.75, 3.05) is 31.6 Å². The van der Waals surface area contributed by atoms with E-state index in [4.69, 9.17) is 0 Å². The van der Waals surface area contributed by atoms with Crippen molar-refractivity contribution in [3.8, 4) is 0 Å². The Labute approximate surface area is 143 Å². The van der Waals surface area contributed by atoms with E-state index in [1.807, 2.05) is 29.2 Å². The number of benzene rings is 1. The molecule has 3 rings (SSSR count). The van der Waals surface area contributed by atoms with Crippen LogP contribution in [0.2, 0.25) is 0 Å². The molecule has 6 heteroatoms. The van der Waals surface area contributed by atoms with Crippen LogP contribution in [0.15, 0.2) is 24.3 Å². The van der Waals surface area contributed by atoms with Crippen molar-refractivity contribution in [3.05, 3.63) is 29.8 Å². The van der Waals surface area contributed by atoms with Gasteiger partial charge in [-0.15, -0.1) is 12.4 Å². The van der Waals surface area contributed by atoms with E-state index in [2.05, 4.69) is 12.2 Å². The Morgan fingerprint density at radius 3 is 2.61 bits per heavy atom. The molecule has 0 bridgehead atoms. The molecule has 1 aromatic carbocycles. The van der Waals surface area contributed by atoms with Crippen LogP contribution in [0.4, 0.5) is 5.69 Å². The Hall–Kier alpha value is -1.59. The van der Waals surface area contributed by atoms with E-state index in [-0.39, 0.29) is 30.1 Å². The highest BCUT2D eigenvalue weighted by molar-refractivity contribution is 6.05. The quantitative estimate of drug-likeness (QED) is 0.916. The molecule has 1 saturated heterocycles. The first-order valence-corrected chi connectivity index (χ1v) is 7.97. The zero-order valence-electron chi connectivity index (χ0n) is 13.6. The van der Waals surface area contributed by atoms with Gasteiger partial charge < -0.3 is 15.1 Å². The summed E-state index contributed by atoms with van der Waals surface area (Å²) in [5, 5.41) is 3.34. The van der Waals surface area contributed by atoms with Gasteiger partial charge in [-0.25, -0.2) is 0 Å². The zero-order valence-corrected chi connectivity index (χ0v) is 14.4. The highest BCUT2D eigenvalue weighted by Crippen LogP contribution is 2.33. The molecule has 1 unspecified atom stereocenters. The number of nitrogens with one attached hydrogen (secondary N) is 1. The van der Waals surface area contributed by atoms with E-state index in [1.165, 1.54) is 0 Å². The predicted molar refractivity (Wildman–Crippen MR) is 93.2 cm³/mol. The molecule has 1 atom stereocenters. The fourth-order valence-electron chi connectivity index (χ4n) is 2.96. The van der Waals surface area contributed by atoms with Gasteiger partial charge in [0, 0.05) is 38.6 Å². The number of carbonyl (C=O) groups excluding carboxylic acids is 2. The van der Waals surface area contributed by atoms with E-state index in [1.54, 1.807) is 11.9 Å². The summed E-state index contributed by atoms with van der Waals surface area (Å²) < 4.78 is 0. The lowest BCUT2D eigenvalue weighted by molar-refractivity contribution is -0.119. The normalized spacial score (nSPS) is 20.6. The summed E-state index contributed by atoms with van der Waals surface area (Å²) in [6, 6.07) is 7.72. The van der Waals surface area contributed by atoms with E-state index in [0.717, 1.165) is 25.1 Å². The number of hydrogen-bond acceptors (Lipinski definition) is 3. The topological polar surface area (TPSA) is 52.7 Å². The predicted octanol–water partition coefficient (Wildman–Crippen LogP) is 1.92. The Morgan fingerprint density at radius 1 is 1.26 bits per heavy atom. The van der Waals surface area contributed by atoms with Crippen LogP contribution in [-0.4, -0.2) is 49.4 Å². The Kier molecular flexibility index (Phi) is 5.65. The minimum Gasteiger partial charge on any atom is -0.336 e. The van der Waals surface area contributed by atoms with Crippen LogP contribution in [0.1, 0.15) is 30.1 Å². The lowest BCUT2D eigenvalue weighted by atomic mass is 10.1. The van der Waals surface area contributed by atoms with Crippen LogP contribution in [0.3, 0.4) is 0 Å². The van der Waals surface area contributed by atoms with Gasteiger partial charge in [0.05, 0.1) is 11.3 Å². The Balaban J connectivity index is 0.00000192. The molecule has 2 fully saturated rings. The Morgan fingerprint density at radius 2 is 1.96 bits per heavy atom. The molecule has 126 valence electrons. The molecule has 1 heterocycles. The van der Waals surface area contributed by atoms with E-state index >= 15 is 0 Å². The van der Waals surface area contributed by atoms with Gasteiger partial charge in [-0.05, 0) is 31.9 Å². The molecule has 0 aromatic heterocycles. The van der Waals surface area contributed by atoms with Crippen molar-refractivity contribution < 1.29 is 9.59 Å². The molecule has 1 aliphatic carbocycles. The van der Waals surface area contributed by atoms with Crippen molar-refractivity contribution in [1.29, 1.82) is 0 Å². The second-order valence-electron chi connectivity index (χ2n) is 6.30. The molecule has 0 spiro atoms. The minimum absolute atomic E-state index is 0. The third-order valence-corrected chi connectivity index (χ3v) is 4.41. The van der Waals surface area contributed by atoms with Crippen molar-refractivity contribution in [3.63, 3.8) is 0 Å². The monoisotopic (exact) mass is 337 g/mol. The lowest BCUT2D eigenvalue weighted by Gasteiger charge is -2.33. The van der Waals surface area contributed by atoms with Crippen molar-refractivity contribution in [2.24, 2.45) is 5.92 Å². The SMILES string of the molecule is CC1CN(C(=O)c2ccccc2N(C)C(=O)C2CC2)CCN1.Cl. The molecule has 1 aliphatic heterocycles. The van der Waals surface area contributed by atoms with Gasteiger partial charge in [-0.2, -0.15) is 0 Å². The second kappa shape index (κ2) is 7.32. The van der Waals surface area contributed by atoms with Crippen LogP contribution >= 0.6 is 12.4 Å². The molecule has 0 radical (unpaired) electrons. The summed E-state index contributed by atoms with van der Waals surface area (Å²) in [6.07, 6.45) is 1.93. The number of carbonyl (C=O) groups is 2. The van der Waals surface area contributed by atoms with E-state index in [9.17, 15) is 9.59 Å². The summed E-state index contributed by atoms with van der Waals surface area (Å²) in [6.45, 7) is 4.30. The first kappa shape index (κ1) is 17.8. The van der Waals surface area contributed by atoms with Gasteiger partial charge in [-0.1, -0.05) is 12.1 Å². The molecule has 1 saturated carbocycles. The summed E-state index contributed by atoms with van der Waals surface area (Å²) in [5.74, 6) is 0.278. The third-order valence-electron chi connectivity index (χ3n) is 4.41. The van der Waals surface area contributed by atoms with Crippen LogP contribution in [0.5, 0.6) is 0 Å². The van der Waals surface area contributed by atoms with Crippen LogP contribution in [0, 0.1) is 5.92 Å². The van der Waals surface area contributed by atoms with Gasteiger partial charge >= 0.3 is 0 Å². The van der Waals surface area contributed by atoms with E-state index < -0.39 is 0 Å². The molecule has 5 nitrogen and oxygen atoms in total. The number of piperazine rings is 1. The number of nitrogens with zero attached hydrogens (tertiary/aromatic N) is 2. The van der Waals surface area contributed by atoms with Gasteiger partial charge in [0.15, 0.2) is 0 Å². The smallest absolute Gasteiger partial charge is 0.256 e. The largest absolute Gasteiger partial charge is 0.336 e.